The summed E-state index contributed by atoms with van der Waals surface area (Å²) >= 11 is 0. The van der Waals surface area contributed by atoms with Crippen molar-refractivity contribution in [1.29, 1.82) is 0 Å². The lowest BCUT2D eigenvalue weighted by Crippen LogP contribution is -2.59. The Bertz CT molecular complexity index is 861. The second-order valence-electron chi connectivity index (χ2n) is 5.15. The maximum absolute atomic E-state index is 14.2. The van der Waals surface area contributed by atoms with E-state index in [-0.39, 0.29) is 6.07 Å². The Morgan fingerprint density at radius 3 is 1.88 bits per heavy atom. The van der Waals surface area contributed by atoms with Crippen molar-refractivity contribution < 1.29 is 44.6 Å². The number of benzene rings is 2. The molecule has 0 aliphatic rings. The smallest absolute Gasteiger partial charge is 0.460 e. The predicted molar refractivity (Wildman–Crippen MR) is 70.9 cm³/mol. The van der Waals surface area contributed by atoms with Gasteiger partial charge in [0.15, 0.2) is 5.69 Å². The molecule has 26 heavy (non-hydrogen) atoms. The third-order valence-corrected chi connectivity index (χ3v) is 3.57. The summed E-state index contributed by atoms with van der Waals surface area (Å²) in [7, 11) is 0. The van der Waals surface area contributed by atoms with Crippen LogP contribution >= 0.6 is 0 Å². The fourth-order valence-electron chi connectivity index (χ4n) is 2.25. The zero-order valence-corrected chi connectivity index (χ0v) is 12.1. The normalized spacial score (nSPS) is 13.9. The van der Waals surface area contributed by atoms with E-state index in [1.165, 1.54) is 0 Å². The van der Waals surface area contributed by atoms with E-state index in [2.05, 4.69) is 5.18 Å². The molecule has 2 aromatic rings. The van der Waals surface area contributed by atoms with E-state index in [4.69, 9.17) is 0 Å². The summed E-state index contributed by atoms with van der Waals surface area (Å²) in [6, 6.07) is 3.43. The molecule has 0 aromatic heterocycles. The Kier molecular flexibility index (Phi) is 4.37. The van der Waals surface area contributed by atoms with Gasteiger partial charge >= 0.3 is 23.9 Å². The third kappa shape index (κ3) is 2.54. The van der Waals surface area contributed by atoms with Crippen LogP contribution < -0.4 is 0 Å². The van der Waals surface area contributed by atoms with Gasteiger partial charge in [0.2, 0.25) is 0 Å². The van der Waals surface area contributed by atoms with E-state index < -0.39 is 51.7 Å². The maximum Gasteiger partial charge on any atom is 0.460 e. The zero-order chi connectivity index (χ0) is 20.1. The lowest BCUT2D eigenvalue weighted by molar-refractivity contribution is -0.399. The van der Waals surface area contributed by atoms with Gasteiger partial charge in [0.05, 0.1) is 0 Å². The average molecular weight is 391 g/mol. The van der Waals surface area contributed by atoms with Crippen molar-refractivity contribution in [1.82, 2.24) is 0 Å². The molecule has 0 saturated heterocycles. The fourth-order valence-corrected chi connectivity index (χ4v) is 2.25. The summed E-state index contributed by atoms with van der Waals surface area (Å²) in [4.78, 5) is 10.8. The Hall–Kier alpha value is -2.53. The van der Waals surface area contributed by atoms with Crippen LogP contribution in [0, 0.1) is 4.91 Å². The van der Waals surface area contributed by atoms with Gasteiger partial charge in [-0.1, -0.05) is 24.3 Å². The summed E-state index contributed by atoms with van der Waals surface area (Å²) in [5.41, 5.74) is -3.22. The second-order valence-corrected chi connectivity index (χ2v) is 5.15. The van der Waals surface area contributed by atoms with Crippen LogP contribution in [-0.4, -0.2) is 23.1 Å². The van der Waals surface area contributed by atoms with Gasteiger partial charge in [-0.05, 0) is 16.6 Å². The molecule has 2 aromatic carbocycles. The highest BCUT2D eigenvalue weighted by molar-refractivity contribution is 5.98. The van der Waals surface area contributed by atoms with Crippen LogP contribution in [0.1, 0.15) is 5.56 Å². The molecule has 0 amide bonds. The summed E-state index contributed by atoms with van der Waals surface area (Å²) in [6.07, 6.45) is -6.97. The summed E-state index contributed by atoms with van der Waals surface area (Å²) in [6.45, 7) is 0. The SMILES string of the molecule is O=Nc1c(O)ccc2cccc(C(F)(F)C(F)(F)C(F)(F)C(F)(F)F)c12. The van der Waals surface area contributed by atoms with E-state index in [0.717, 1.165) is 18.2 Å². The lowest BCUT2D eigenvalue weighted by atomic mass is 9.91. The van der Waals surface area contributed by atoms with E-state index in [1.807, 2.05) is 0 Å². The first-order chi connectivity index (χ1) is 11.7. The summed E-state index contributed by atoms with van der Waals surface area (Å²) in [5, 5.41) is 10.0. The first kappa shape index (κ1) is 19.8. The second kappa shape index (κ2) is 5.74. The molecule has 2 rings (SSSR count). The molecule has 0 radical (unpaired) electrons. The van der Waals surface area contributed by atoms with Crippen molar-refractivity contribution in [2.24, 2.45) is 5.18 Å². The molecule has 12 heteroatoms. The Morgan fingerprint density at radius 2 is 1.38 bits per heavy atom. The first-order valence-corrected chi connectivity index (χ1v) is 6.49. The van der Waals surface area contributed by atoms with Crippen LogP contribution in [0.25, 0.3) is 10.8 Å². The van der Waals surface area contributed by atoms with Crippen molar-refractivity contribution >= 4 is 16.5 Å². The molecule has 0 bridgehead atoms. The first-order valence-electron chi connectivity index (χ1n) is 6.49. The van der Waals surface area contributed by atoms with Crippen LogP contribution in [0.3, 0.4) is 0 Å². The number of fused-ring (bicyclic) bond motifs is 1. The number of hydrogen-bond donors (Lipinski definition) is 1. The van der Waals surface area contributed by atoms with Gasteiger partial charge in [0, 0.05) is 10.9 Å². The topological polar surface area (TPSA) is 49.7 Å². The lowest BCUT2D eigenvalue weighted by Gasteiger charge is -2.34. The average Bonchev–Trinajstić information content (AvgIpc) is 2.52. The molecular formula is C14H6F9NO2. The molecule has 1 N–H and O–H groups in total. The highest BCUT2D eigenvalue weighted by Gasteiger charge is 2.82. The minimum absolute atomic E-state index is 0.136. The number of aromatic hydroxyl groups is 1. The largest absolute Gasteiger partial charge is 0.506 e. The minimum Gasteiger partial charge on any atom is -0.506 e. The quantitative estimate of drug-likeness (QED) is 0.524. The third-order valence-electron chi connectivity index (χ3n) is 3.57. The molecule has 0 atom stereocenters. The van der Waals surface area contributed by atoms with Crippen LogP contribution in [-0.2, 0) is 5.92 Å². The number of alkyl halides is 9. The molecule has 0 saturated carbocycles. The van der Waals surface area contributed by atoms with Crippen LogP contribution in [0.5, 0.6) is 5.75 Å². The summed E-state index contributed by atoms with van der Waals surface area (Å²) < 4.78 is 118. The molecule has 142 valence electrons. The van der Waals surface area contributed by atoms with Crippen LogP contribution in [0.15, 0.2) is 35.5 Å². The highest BCUT2D eigenvalue weighted by atomic mass is 19.4. The van der Waals surface area contributed by atoms with Gasteiger partial charge in [0.25, 0.3) is 0 Å². The zero-order valence-electron chi connectivity index (χ0n) is 12.1. The van der Waals surface area contributed by atoms with Gasteiger partial charge in [-0.25, -0.2) is 0 Å². The monoisotopic (exact) mass is 391 g/mol. The van der Waals surface area contributed by atoms with Crippen molar-refractivity contribution in [2.75, 3.05) is 0 Å². The molecule has 0 aliphatic carbocycles. The van der Waals surface area contributed by atoms with Crippen molar-refractivity contribution in [3.8, 4) is 5.75 Å². The van der Waals surface area contributed by atoms with Gasteiger partial charge in [-0.15, -0.1) is 4.91 Å². The number of rotatable bonds is 4. The standard InChI is InChI=1S/C14H6F9NO2/c15-11(16,12(17,18)13(19,20)14(21,22)23)7-3-1-2-6-4-5-8(25)10(24-26)9(6)7/h1-5,25H. The fraction of sp³-hybridized carbons (Fsp3) is 0.286. The number of nitroso groups, excluding NO2 is 1. The summed E-state index contributed by atoms with van der Waals surface area (Å²) in [5.74, 6) is -21.1. The van der Waals surface area contributed by atoms with Crippen molar-refractivity contribution in [3.63, 3.8) is 0 Å². The van der Waals surface area contributed by atoms with E-state index >= 15 is 0 Å². The molecule has 0 heterocycles. The van der Waals surface area contributed by atoms with Crippen LogP contribution in [0.2, 0.25) is 0 Å². The van der Waals surface area contributed by atoms with Gasteiger partial charge in [-0.3, -0.25) is 0 Å². The van der Waals surface area contributed by atoms with E-state index in [9.17, 15) is 49.5 Å². The molecule has 0 aliphatic heterocycles. The molecule has 3 nitrogen and oxygen atoms in total. The van der Waals surface area contributed by atoms with Crippen molar-refractivity contribution in [3.05, 3.63) is 40.8 Å². The van der Waals surface area contributed by atoms with Crippen molar-refractivity contribution in [2.45, 2.75) is 23.9 Å². The maximum atomic E-state index is 14.2. The number of phenolic OH excluding ortho intramolecular Hbond substituents is 1. The minimum atomic E-state index is -7.09. The molecule has 0 fully saturated rings. The number of nitrogens with zero attached hydrogens (tertiary/aromatic N) is 1. The Morgan fingerprint density at radius 1 is 0.808 bits per heavy atom. The highest BCUT2D eigenvalue weighted by Crippen LogP contribution is 2.58. The molecular weight excluding hydrogens is 385 g/mol. The van der Waals surface area contributed by atoms with E-state index in [1.54, 1.807) is 0 Å². The van der Waals surface area contributed by atoms with Crippen LogP contribution in [0.4, 0.5) is 45.2 Å². The number of halogens is 9. The number of hydrogen-bond acceptors (Lipinski definition) is 3. The Labute approximate surface area is 138 Å². The van der Waals surface area contributed by atoms with E-state index in [0.29, 0.717) is 6.07 Å². The molecule has 0 unspecified atom stereocenters. The van der Waals surface area contributed by atoms with Gasteiger partial charge < -0.3 is 5.11 Å². The number of phenols is 1. The van der Waals surface area contributed by atoms with Gasteiger partial charge in [-0.2, -0.15) is 39.5 Å². The Balaban J connectivity index is 2.86. The predicted octanol–water partition coefficient (Wildman–Crippen LogP) is 5.87. The molecule has 0 spiro atoms. The van der Waals surface area contributed by atoms with Gasteiger partial charge in [0.1, 0.15) is 5.75 Å².